The van der Waals surface area contributed by atoms with Crippen molar-refractivity contribution in [3.05, 3.63) is 94.2 Å². The van der Waals surface area contributed by atoms with E-state index in [4.69, 9.17) is 4.42 Å². The number of aryl methyl sites for hydroxylation is 1. The average molecular weight is 573 g/mol. The molecule has 0 spiro atoms. The minimum Gasteiger partial charge on any atom is -0.461 e. The maximum absolute atomic E-state index is 13.2. The van der Waals surface area contributed by atoms with Crippen LogP contribution in [0, 0.1) is 17.0 Å². The van der Waals surface area contributed by atoms with Gasteiger partial charge >= 0.3 is 0 Å². The molecule has 2 aromatic carbocycles. The number of amides is 2. The van der Waals surface area contributed by atoms with Crippen molar-refractivity contribution in [1.29, 1.82) is 0 Å². The summed E-state index contributed by atoms with van der Waals surface area (Å²) in [6.07, 6.45) is 4.67. The summed E-state index contributed by atoms with van der Waals surface area (Å²) in [5, 5.41) is 20.1. The molecule has 41 heavy (non-hydrogen) atoms. The number of carbonyl (C=O) groups is 2. The first-order chi connectivity index (χ1) is 19.8. The number of nitrogens with zero attached hydrogens (tertiary/aromatic N) is 6. The summed E-state index contributed by atoms with van der Waals surface area (Å²) in [4.78, 5) is 39.9. The number of hydrogen-bond donors (Lipinski definition) is 0. The Morgan fingerprint density at radius 2 is 1.93 bits per heavy atom. The SMILES string of the molecule is Cc1cccc(-n2c(SCC(=O)N3CCN(C(=O)/C=C/c4ccc([N+](=O)[O-])cc4)C(C)C3)nnc2-c2ccco2)c1. The number of piperazine rings is 1. The van der Waals surface area contributed by atoms with Crippen LogP contribution < -0.4 is 0 Å². The third-order valence-electron chi connectivity index (χ3n) is 6.75. The third kappa shape index (κ3) is 6.38. The lowest BCUT2D eigenvalue weighted by Crippen LogP contribution is -2.55. The highest BCUT2D eigenvalue weighted by Crippen LogP contribution is 2.29. The first-order valence-electron chi connectivity index (χ1n) is 13.0. The van der Waals surface area contributed by atoms with E-state index >= 15 is 0 Å². The molecule has 210 valence electrons. The molecular formula is C29H28N6O5S. The Morgan fingerprint density at radius 1 is 1.12 bits per heavy atom. The van der Waals surface area contributed by atoms with Crippen molar-refractivity contribution in [3.63, 3.8) is 0 Å². The standard InChI is InChI=1S/C29H28N6O5S/c1-20-5-3-6-24(17-20)34-28(25-7-4-16-40-25)30-31-29(34)41-19-27(37)32-14-15-33(21(2)18-32)26(36)13-10-22-8-11-23(12-9-22)35(38)39/h3-13,16-17,21H,14-15,18-19H2,1-2H3/b13-10+. The zero-order chi connectivity index (χ0) is 28.9. The Bertz CT molecular complexity index is 1580. The lowest BCUT2D eigenvalue weighted by Gasteiger charge is -2.39. The lowest BCUT2D eigenvalue weighted by atomic mass is 10.1. The summed E-state index contributed by atoms with van der Waals surface area (Å²) in [7, 11) is 0. The summed E-state index contributed by atoms with van der Waals surface area (Å²) < 4.78 is 7.46. The number of carbonyl (C=O) groups excluding carboxylic acids is 2. The highest BCUT2D eigenvalue weighted by atomic mass is 32.2. The summed E-state index contributed by atoms with van der Waals surface area (Å²) in [5.74, 6) is 1.08. The number of aromatic nitrogens is 3. The number of hydrogen-bond acceptors (Lipinski definition) is 8. The third-order valence-corrected chi connectivity index (χ3v) is 7.66. The second-order valence-corrected chi connectivity index (χ2v) is 10.6. The second-order valence-electron chi connectivity index (χ2n) is 9.65. The lowest BCUT2D eigenvalue weighted by molar-refractivity contribution is -0.384. The fourth-order valence-corrected chi connectivity index (χ4v) is 5.48. The number of rotatable bonds is 8. The molecule has 12 heteroatoms. The molecule has 5 rings (SSSR count). The number of benzene rings is 2. The van der Waals surface area contributed by atoms with Crippen LogP contribution in [-0.2, 0) is 9.59 Å². The van der Waals surface area contributed by atoms with Crippen molar-refractivity contribution in [2.45, 2.75) is 25.0 Å². The van der Waals surface area contributed by atoms with Gasteiger partial charge in [0.15, 0.2) is 10.9 Å². The molecule has 3 heterocycles. The molecule has 0 aliphatic carbocycles. The van der Waals surface area contributed by atoms with Crippen LogP contribution in [0.5, 0.6) is 0 Å². The van der Waals surface area contributed by atoms with Crippen LogP contribution in [0.2, 0.25) is 0 Å². The van der Waals surface area contributed by atoms with Crippen LogP contribution in [0.3, 0.4) is 0 Å². The number of nitro groups is 1. The van der Waals surface area contributed by atoms with Gasteiger partial charge in [-0.2, -0.15) is 0 Å². The van der Waals surface area contributed by atoms with E-state index in [-0.39, 0.29) is 29.3 Å². The van der Waals surface area contributed by atoms with Gasteiger partial charge in [0, 0.05) is 43.9 Å². The van der Waals surface area contributed by atoms with Gasteiger partial charge in [0.1, 0.15) is 0 Å². The fourth-order valence-electron chi connectivity index (χ4n) is 4.63. The Labute approximate surface area is 240 Å². The van der Waals surface area contributed by atoms with Gasteiger partial charge in [-0.05, 0) is 67.4 Å². The summed E-state index contributed by atoms with van der Waals surface area (Å²) in [6, 6.07) is 17.4. The van der Waals surface area contributed by atoms with E-state index in [2.05, 4.69) is 10.2 Å². The molecule has 0 N–H and O–H groups in total. The Balaban J connectivity index is 1.21. The molecule has 1 fully saturated rings. The highest BCUT2D eigenvalue weighted by molar-refractivity contribution is 7.99. The first kappa shape index (κ1) is 27.8. The van der Waals surface area contributed by atoms with Crippen LogP contribution >= 0.6 is 11.8 Å². The van der Waals surface area contributed by atoms with E-state index in [0.29, 0.717) is 41.9 Å². The Hall–Kier alpha value is -4.71. The van der Waals surface area contributed by atoms with E-state index in [1.807, 2.05) is 48.7 Å². The largest absolute Gasteiger partial charge is 0.461 e. The van der Waals surface area contributed by atoms with Crippen molar-refractivity contribution >= 4 is 35.3 Å². The van der Waals surface area contributed by atoms with Gasteiger partial charge < -0.3 is 14.2 Å². The van der Waals surface area contributed by atoms with Crippen molar-refractivity contribution in [2.75, 3.05) is 25.4 Å². The quantitative estimate of drug-likeness (QED) is 0.130. The van der Waals surface area contributed by atoms with Crippen LogP contribution in [0.25, 0.3) is 23.3 Å². The van der Waals surface area contributed by atoms with Gasteiger partial charge in [0.25, 0.3) is 5.69 Å². The Morgan fingerprint density at radius 3 is 2.61 bits per heavy atom. The van der Waals surface area contributed by atoms with E-state index in [1.165, 1.54) is 30.0 Å². The topological polar surface area (TPSA) is 128 Å². The van der Waals surface area contributed by atoms with Crippen LogP contribution in [0.1, 0.15) is 18.1 Å². The van der Waals surface area contributed by atoms with Crippen molar-refractivity contribution in [1.82, 2.24) is 24.6 Å². The summed E-state index contributed by atoms with van der Waals surface area (Å²) >= 11 is 1.31. The van der Waals surface area contributed by atoms with Crippen LogP contribution in [-0.4, -0.2) is 72.7 Å². The number of furan rings is 1. The van der Waals surface area contributed by atoms with Crippen molar-refractivity contribution in [2.24, 2.45) is 0 Å². The molecule has 11 nitrogen and oxygen atoms in total. The van der Waals surface area contributed by atoms with E-state index in [9.17, 15) is 19.7 Å². The highest BCUT2D eigenvalue weighted by Gasteiger charge is 2.29. The van der Waals surface area contributed by atoms with Crippen molar-refractivity contribution < 1.29 is 18.9 Å². The normalized spacial score (nSPS) is 15.4. The van der Waals surface area contributed by atoms with Gasteiger partial charge in [-0.15, -0.1) is 10.2 Å². The predicted octanol–water partition coefficient (Wildman–Crippen LogP) is 4.61. The summed E-state index contributed by atoms with van der Waals surface area (Å²) in [6.45, 7) is 5.16. The van der Waals surface area contributed by atoms with Crippen molar-refractivity contribution in [3.8, 4) is 17.3 Å². The minimum atomic E-state index is -0.465. The number of thioether (sulfide) groups is 1. The molecule has 1 aliphatic rings. The van der Waals surface area contributed by atoms with Gasteiger partial charge in [0.05, 0.1) is 22.6 Å². The average Bonchev–Trinajstić information content (AvgIpc) is 3.65. The van der Waals surface area contributed by atoms with Gasteiger partial charge in [-0.25, -0.2) is 0 Å². The number of non-ortho nitro benzene ring substituents is 1. The zero-order valence-corrected chi connectivity index (χ0v) is 23.4. The maximum atomic E-state index is 13.2. The molecular weight excluding hydrogens is 544 g/mol. The van der Waals surface area contributed by atoms with Gasteiger partial charge in [-0.1, -0.05) is 23.9 Å². The molecule has 2 aromatic heterocycles. The number of nitro benzene ring substituents is 1. The molecule has 1 atom stereocenters. The van der Waals surface area contributed by atoms with Crippen LogP contribution in [0.4, 0.5) is 5.69 Å². The molecule has 2 amide bonds. The zero-order valence-electron chi connectivity index (χ0n) is 22.5. The van der Waals surface area contributed by atoms with Gasteiger partial charge in [0.2, 0.25) is 17.6 Å². The van der Waals surface area contributed by atoms with E-state index < -0.39 is 4.92 Å². The molecule has 0 saturated carbocycles. The molecule has 0 bridgehead atoms. The smallest absolute Gasteiger partial charge is 0.269 e. The molecule has 1 saturated heterocycles. The maximum Gasteiger partial charge on any atom is 0.269 e. The molecule has 4 aromatic rings. The first-order valence-corrected chi connectivity index (χ1v) is 14.0. The van der Waals surface area contributed by atoms with E-state index in [0.717, 1.165) is 11.3 Å². The minimum absolute atomic E-state index is 0.00517. The second kappa shape index (κ2) is 12.2. The van der Waals surface area contributed by atoms with Crippen LogP contribution in [0.15, 0.2) is 82.6 Å². The van der Waals surface area contributed by atoms with E-state index in [1.54, 1.807) is 40.3 Å². The molecule has 1 unspecified atom stereocenters. The summed E-state index contributed by atoms with van der Waals surface area (Å²) in [5.41, 5.74) is 2.64. The Kier molecular flexibility index (Phi) is 8.29. The monoisotopic (exact) mass is 572 g/mol. The predicted molar refractivity (Wildman–Crippen MR) is 154 cm³/mol. The fraction of sp³-hybridized carbons (Fsp3) is 0.241. The molecule has 1 aliphatic heterocycles. The molecule has 0 radical (unpaired) electrons. The van der Waals surface area contributed by atoms with Gasteiger partial charge in [-0.3, -0.25) is 24.3 Å².